The summed E-state index contributed by atoms with van der Waals surface area (Å²) in [4.78, 5) is 14.5. The number of fused-ring (bicyclic) bond motifs is 1. The minimum absolute atomic E-state index is 0.0134. The number of piperidine rings is 1. The third kappa shape index (κ3) is 3.74. The fraction of sp³-hybridized carbons (Fsp3) is 0.286. The second-order valence-electron chi connectivity index (χ2n) is 6.58. The molecule has 1 aliphatic heterocycles. The monoisotopic (exact) mass is 369 g/mol. The lowest BCUT2D eigenvalue weighted by molar-refractivity contribution is 0.0568. The van der Waals surface area contributed by atoms with Gasteiger partial charge < -0.3 is 18.8 Å². The van der Waals surface area contributed by atoms with Crippen LogP contribution in [0.2, 0.25) is 0 Å². The van der Waals surface area contributed by atoms with Crippen molar-refractivity contribution in [3.8, 4) is 11.5 Å². The van der Waals surface area contributed by atoms with Gasteiger partial charge in [0.15, 0.2) is 5.76 Å². The fourth-order valence-electron chi connectivity index (χ4n) is 3.29. The molecule has 2 heterocycles. The van der Waals surface area contributed by atoms with Crippen LogP contribution in [0.4, 0.5) is 4.39 Å². The minimum Gasteiger partial charge on any atom is -0.497 e. The molecule has 0 spiro atoms. The lowest BCUT2D eigenvalue weighted by Gasteiger charge is -2.31. The maximum atomic E-state index is 13.0. The van der Waals surface area contributed by atoms with Crippen molar-refractivity contribution in [1.82, 2.24) is 4.90 Å². The molecule has 27 heavy (non-hydrogen) atoms. The highest BCUT2D eigenvalue weighted by atomic mass is 19.1. The fourth-order valence-corrected chi connectivity index (χ4v) is 3.29. The summed E-state index contributed by atoms with van der Waals surface area (Å²) in [6.07, 6.45) is 1.45. The summed E-state index contributed by atoms with van der Waals surface area (Å²) in [5.41, 5.74) is 0.661. The summed E-state index contributed by atoms with van der Waals surface area (Å²) in [6, 6.07) is 13.2. The molecule has 3 aromatic rings. The number of methoxy groups -OCH3 is 1. The Morgan fingerprint density at radius 2 is 1.78 bits per heavy atom. The van der Waals surface area contributed by atoms with E-state index in [0.717, 1.165) is 24.0 Å². The van der Waals surface area contributed by atoms with Crippen LogP contribution >= 0.6 is 0 Å². The lowest BCUT2D eigenvalue weighted by Crippen LogP contribution is -2.41. The van der Waals surface area contributed by atoms with Crippen LogP contribution in [0, 0.1) is 5.82 Å². The third-order valence-electron chi connectivity index (χ3n) is 4.78. The Kier molecular flexibility index (Phi) is 4.71. The number of carbonyl (C=O) groups excluding carboxylic acids is 1. The first kappa shape index (κ1) is 17.4. The van der Waals surface area contributed by atoms with Crippen LogP contribution < -0.4 is 9.47 Å². The molecule has 5 nitrogen and oxygen atoms in total. The van der Waals surface area contributed by atoms with Crippen molar-refractivity contribution in [3.05, 3.63) is 60.1 Å². The van der Waals surface area contributed by atoms with Gasteiger partial charge in [0.05, 0.1) is 7.11 Å². The van der Waals surface area contributed by atoms with Crippen LogP contribution in [0.25, 0.3) is 11.0 Å². The summed E-state index contributed by atoms with van der Waals surface area (Å²) >= 11 is 0. The Balaban J connectivity index is 1.39. The molecule has 1 aromatic heterocycles. The predicted molar refractivity (Wildman–Crippen MR) is 98.7 cm³/mol. The summed E-state index contributed by atoms with van der Waals surface area (Å²) in [5.74, 6) is 1.29. The average molecular weight is 369 g/mol. The number of hydrogen-bond donors (Lipinski definition) is 0. The number of amides is 1. The zero-order chi connectivity index (χ0) is 18.8. The van der Waals surface area contributed by atoms with Crippen LogP contribution in [0.3, 0.4) is 0 Å². The largest absolute Gasteiger partial charge is 0.497 e. The first-order chi connectivity index (χ1) is 13.1. The Morgan fingerprint density at radius 1 is 1.07 bits per heavy atom. The number of rotatable bonds is 4. The van der Waals surface area contributed by atoms with Gasteiger partial charge in [-0.05, 0) is 48.5 Å². The van der Waals surface area contributed by atoms with E-state index in [2.05, 4.69) is 0 Å². The van der Waals surface area contributed by atoms with E-state index in [4.69, 9.17) is 13.9 Å². The highest BCUT2D eigenvalue weighted by Gasteiger charge is 2.26. The van der Waals surface area contributed by atoms with Crippen LogP contribution in [-0.2, 0) is 0 Å². The van der Waals surface area contributed by atoms with Gasteiger partial charge in [-0.25, -0.2) is 4.39 Å². The zero-order valence-corrected chi connectivity index (χ0v) is 15.0. The van der Waals surface area contributed by atoms with E-state index < -0.39 is 0 Å². The highest BCUT2D eigenvalue weighted by Crippen LogP contribution is 2.26. The number of carbonyl (C=O) groups is 1. The molecule has 6 heteroatoms. The molecule has 0 N–H and O–H groups in total. The quantitative estimate of drug-likeness (QED) is 0.689. The van der Waals surface area contributed by atoms with Gasteiger partial charge in [0.1, 0.15) is 29.0 Å². The van der Waals surface area contributed by atoms with E-state index in [1.807, 2.05) is 6.07 Å². The summed E-state index contributed by atoms with van der Waals surface area (Å²) in [7, 11) is 1.60. The minimum atomic E-state index is -0.286. The van der Waals surface area contributed by atoms with Crippen molar-refractivity contribution >= 4 is 16.9 Å². The van der Waals surface area contributed by atoms with Gasteiger partial charge in [-0.2, -0.15) is 0 Å². The molecule has 0 unspecified atom stereocenters. The second-order valence-corrected chi connectivity index (χ2v) is 6.58. The van der Waals surface area contributed by atoms with Crippen molar-refractivity contribution < 1.29 is 23.1 Å². The van der Waals surface area contributed by atoms with Gasteiger partial charge in [-0.3, -0.25) is 4.79 Å². The molecule has 0 atom stereocenters. The number of benzene rings is 2. The lowest BCUT2D eigenvalue weighted by atomic mass is 10.1. The molecule has 0 saturated carbocycles. The average Bonchev–Trinajstić information content (AvgIpc) is 3.13. The number of furan rings is 1. The standard InChI is InChI=1S/C21H20FNO4/c1-25-18-6-7-19-14(12-18)13-20(27-19)21(24)23-10-8-17(9-11-23)26-16-4-2-15(22)3-5-16/h2-7,12-13,17H,8-11H2,1H3. The van der Waals surface area contributed by atoms with E-state index in [0.29, 0.717) is 30.2 Å². The predicted octanol–water partition coefficient (Wildman–Crippen LogP) is 4.26. The molecular formula is C21H20FNO4. The van der Waals surface area contributed by atoms with Gasteiger partial charge >= 0.3 is 0 Å². The maximum absolute atomic E-state index is 13.0. The molecular weight excluding hydrogens is 349 g/mol. The van der Waals surface area contributed by atoms with Crippen LogP contribution in [0.15, 0.2) is 52.9 Å². The first-order valence-electron chi connectivity index (χ1n) is 8.91. The van der Waals surface area contributed by atoms with Crippen LogP contribution in [0.5, 0.6) is 11.5 Å². The summed E-state index contributed by atoms with van der Waals surface area (Å²) in [5, 5.41) is 0.840. The van der Waals surface area contributed by atoms with E-state index in [1.54, 1.807) is 42.3 Å². The topological polar surface area (TPSA) is 51.9 Å². The van der Waals surface area contributed by atoms with Crippen molar-refractivity contribution in [2.45, 2.75) is 18.9 Å². The molecule has 0 bridgehead atoms. The van der Waals surface area contributed by atoms with Crippen molar-refractivity contribution in [2.75, 3.05) is 20.2 Å². The summed E-state index contributed by atoms with van der Waals surface area (Å²) < 4.78 is 29.8. The molecule has 1 fully saturated rings. The molecule has 0 radical (unpaired) electrons. The SMILES string of the molecule is COc1ccc2oc(C(=O)N3CCC(Oc4ccc(F)cc4)CC3)cc2c1. The number of likely N-dealkylation sites (tertiary alicyclic amines) is 1. The van der Waals surface area contributed by atoms with Gasteiger partial charge in [0.2, 0.25) is 0 Å². The smallest absolute Gasteiger partial charge is 0.289 e. The normalized spacial score (nSPS) is 15.1. The Morgan fingerprint density at radius 3 is 2.48 bits per heavy atom. The number of hydrogen-bond acceptors (Lipinski definition) is 4. The summed E-state index contributed by atoms with van der Waals surface area (Å²) in [6.45, 7) is 1.18. The molecule has 1 aliphatic rings. The Bertz CT molecular complexity index is 942. The van der Waals surface area contributed by atoms with Crippen molar-refractivity contribution in [1.29, 1.82) is 0 Å². The van der Waals surface area contributed by atoms with Gasteiger partial charge in [-0.1, -0.05) is 0 Å². The van der Waals surface area contributed by atoms with E-state index in [9.17, 15) is 9.18 Å². The van der Waals surface area contributed by atoms with Gasteiger partial charge in [-0.15, -0.1) is 0 Å². The van der Waals surface area contributed by atoms with Crippen molar-refractivity contribution in [3.63, 3.8) is 0 Å². The molecule has 4 rings (SSSR count). The molecule has 1 amide bonds. The molecule has 1 saturated heterocycles. The van der Waals surface area contributed by atoms with Gasteiger partial charge in [0, 0.05) is 31.3 Å². The van der Waals surface area contributed by atoms with Crippen molar-refractivity contribution in [2.24, 2.45) is 0 Å². The van der Waals surface area contributed by atoms with Gasteiger partial charge in [0.25, 0.3) is 5.91 Å². The van der Waals surface area contributed by atoms with E-state index >= 15 is 0 Å². The zero-order valence-electron chi connectivity index (χ0n) is 15.0. The number of halogens is 1. The first-order valence-corrected chi connectivity index (χ1v) is 8.91. The second kappa shape index (κ2) is 7.31. The number of ether oxygens (including phenoxy) is 2. The van der Waals surface area contributed by atoms with Crippen LogP contribution in [-0.4, -0.2) is 37.1 Å². The highest BCUT2D eigenvalue weighted by molar-refractivity contribution is 5.96. The van der Waals surface area contributed by atoms with E-state index in [-0.39, 0.29) is 17.8 Å². The third-order valence-corrected chi connectivity index (χ3v) is 4.78. The molecule has 140 valence electrons. The van der Waals surface area contributed by atoms with Crippen LogP contribution in [0.1, 0.15) is 23.4 Å². The number of nitrogens with zero attached hydrogens (tertiary/aromatic N) is 1. The maximum Gasteiger partial charge on any atom is 0.289 e. The molecule has 0 aliphatic carbocycles. The Labute approximate surface area is 156 Å². The van der Waals surface area contributed by atoms with E-state index in [1.165, 1.54) is 12.1 Å². The Hall–Kier alpha value is -3.02. The molecule has 2 aromatic carbocycles.